The van der Waals surface area contributed by atoms with Crippen LogP contribution >= 0.6 is 0 Å². The monoisotopic (exact) mass is 394 g/mol. The van der Waals surface area contributed by atoms with E-state index >= 15 is 0 Å². The lowest BCUT2D eigenvalue weighted by atomic mass is 10.3. The molecule has 0 aliphatic heterocycles. The maximum absolute atomic E-state index is 10.8. The van der Waals surface area contributed by atoms with Gasteiger partial charge in [0.25, 0.3) is 20.2 Å². The Balaban J connectivity index is 0. The second-order valence-electron chi connectivity index (χ2n) is 4.45. The Morgan fingerprint density at radius 1 is 1.08 bits per heavy atom. The predicted molar refractivity (Wildman–Crippen MR) is 81.6 cm³/mol. The van der Waals surface area contributed by atoms with Gasteiger partial charge in [0.2, 0.25) is 0 Å². The van der Waals surface area contributed by atoms with Crippen molar-refractivity contribution in [2.75, 3.05) is 19.0 Å². The highest BCUT2D eigenvalue weighted by atomic mass is 32.2. The number of carboxylic acid groups (broad SMARTS) is 2. The number of unbranched alkanes of at least 4 members (excludes halogenated alkanes) is 2. The zero-order valence-electron chi connectivity index (χ0n) is 13.0. The van der Waals surface area contributed by atoms with Gasteiger partial charge in [-0.15, -0.1) is 0 Å². The molecule has 0 aromatic heterocycles. The van der Waals surface area contributed by atoms with Gasteiger partial charge < -0.3 is 15.3 Å². The third-order valence-corrected chi connectivity index (χ3v) is 4.64. The summed E-state index contributed by atoms with van der Waals surface area (Å²) < 4.78 is 54.9. The first-order valence-electron chi connectivity index (χ1n) is 6.76. The van der Waals surface area contributed by atoms with Crippen LogP contribution in [-0.4, -0.2) is 72.9 Å². The van der Waals surface area contributed by atoms with Crippen LogP contribution in [0.2, 0.25) is 0 Å². The van der Waals surface area contributed by atoms with Crippen LogP contribution in [0, 0.1) is 0 Å². The van der Waals surface area contributed by atoms with Gasteiger partial charge in [0.1, 0.15) is 0 Å². The van der Waals surface area contributed by atoms with Gasteiger partial charge in [-0.05, 0) is 6.42 Å². The van der Waals surface area contributed by atoms with E-state index in [1.807, 2.05) is 6.92 Å². The van der Waals surface area contributed by atoms with E-state index in [1.54, 1.807) is 0 Å². The summed E-state index contributed by atoms with van der Waals surface area (Å²) in [5, 5.41) is 22.3. The molecular formula is C11H22O11S2. The number of aliphatic hydroxyl groups is 1. The smallest absolute Gasteiger partial charge is 0.325 e. The Labute approximate surface area is 140 Å². The molecular weight excluding hydrogens is 372 g/mol. The minimum atomic E-state index is -4.84. The molecule has 144 valence electrons. The van der Waals surface area contributed by atoms with E-state index in [2.05, 4.69) is 4.18 Å². The number of carbonyl (C=O) groups is 2. The van der Waals surface area contributed by atoms with Crippen LogP contribution in [0.15, 0.2) is 0 Å². The van der Waals surface area contributed by atoms with Crippen LogP contribution in [0.1, 0.15) is 32.6 Å². The molecule has 0 rings (SSSR count). The van der Waals surface area contributed by atoms with Gasteiger partial charge in [-0.3, -0.25) is 18.3 Å². The molecule has 0 bridgehead atoms. The highest BCUT2D eigenvalue weighted by molar-refractivity contribution is 7.87. The summed E-state index contributed by atoms with van der Waals surface area (Å²) >= 11 is 0. The molecule has 0 spiro atoms. The van der Waals surface area contributed by atoms with Gasteiger partial charge in [-0.2, -0.15) is 16.8 Å². The summed E-state index contributed by atoms with van der Waals surface area (Å²) in [7, 11) is -8.30. The van der Waals surface area contributed by atoms with E-state index < -0.39 is 43.8 Å². The van der Waals surface area contributed by atoms with Crippen molar-refractivity contribution in [2.24, 2.45) is 0 Å². The highest BCUT2D eigenvalue weighted by Gasteiger charge is 2.33. The second kappa shape index (κ2) is 12.1. The zero-order chi connectivity index (χ0) is 19.4. The molecule has 0 saturated carbocycles. The summed E-state index contributed by atoms with van der Waals surface area (Å²) in [6.07, 6.45) is 1.59. The summed E-state index contributed by atoms with van der Waals surface area (Å²) in [4.78, 5) is 20.0. The van der Waals surface area contributed by atoms with E-state index in [0.29, 0.717) is 0 Å². The average Bonchev–Trinajstić information content (AvgIpc) is 2.40. The number of carboxylic acids is 2. The number of rotatable bonds is 11. The van der Waals surface area contributed by atoms with Crippen LogP contribution in [0.5, 0.6) is 0 Å². The molecule has 0 aliphatic carbocycles. The lowest BCUT2D eigenvalue weighted by Gasteiger charge is -2.04. The Kier molecular flexibility index (Phi) is 12.6. The molecule has 1 unspecified atom stereocenters. The normalized spacial score (nSPS) is 12.8. The van der Waals surface area contributed by atoms with Gasteiger partial charge in [0, 0.05) is 0 Å². The van der Waals surface area contributed by atoms with Gasteiger partial charge in [-0.1, -0.05) is 19.8 Å². The first kappa shape index (κ1) is 25.0. The summed E-state index contributed by atoms with van der Waals surface area (Å²) in [5.41, 5.74) is 0. The first-order chi connectivity index (χ1) is 10.9. The van der Waals surface area contributed by atoms with Crippen LogP contribution in [0.3, 0.4) is 0 Å². The topological polar surface area (TPSA) is 193 Å². The van der Waals surface area contributed by atoms with E-state index in [-0.39, 0.29) is 19.0 Å². The Hall–Kier alpha value is -1.28. The van der Waals surface area contributed by atoms with Crippen molar-refractivity contribution in [1.82, 2.24) is 0 Å². The lowest BCUT2D eigenvalue weighted by molar-refractivity contribution is -0.143. The summed E-state index contributed by atoms with van der Waals surface area (Å²) in [6, 6.07) is 0. The van der Waals surface area contributed by atoms with Crippen LogP contribution in [0.4, 0.5) is 0 Å². The van der Waals surface area contributed by atoms with Crippen LogP contribution < -0.4 is 0 Å². The average molecular weight is 394 g/mol. The molecule has 0 saturated heterocycles. The summed E-state index contributed by atoms with van der Waals surface area (Å²) in [5.74, 6) is -3.81. The maximum atomic E-state index is 10.8. The standard InChI is InChI=1S/C7H16O4S.C4H6O7S/c1-2-3-4-6-11-12(9,10)7-5-8;5-3(6)1-2(4(7)8)12(9,10)11/h8H,2-7H2,1H3;2H,1H2,(H,5,6)(H,7,8)(H,9,10,11). The van der Waals surface area contributed by atoms with Gasteiger partial charge in [0.05, 0.1) is 25.4 Å². The highest BCUT2D eigenvalue weighted by Crippen LogP contribution is 2.04. The van der Waals surface area contributed by atoms with Crippen molar-refractivity contribution in [1.29, 1.82) is 0 Å². The Bertz CT molecular complexity index is 579. The minimum Gasteiger partial charge on any atom is -0.481 e. The molecule has 0 amide bonds. The van der Waals surface area contributed by atoms with Gasteiger partial charge in [0.15, 0.2) is 5.25 Å². The molecule has 0 aliphatic rings. The van der Waals surface area contributed by atoms with Gasteiger partial charge >= 0.3 is 11.9 Å². The van der Waals surface area contributed by atoms with E-state index in [9.17, 15) is 26.4 Å². The number of aliphatic hydroxyl groups excluding tert-OH is 1. The maximum Gasteiger partial charge on any atom is 0.325 e. The zero-order valence-corrected chi connectivity index (χ0v) is 14.6. The third kappa shape index (κ3) is 14.3. The van der Waals surface area contributed by atoms with Crippen molar-refractivity contribution in [3.63, 3.8) is 0 Å². The molecule has 4 N–H and O–H groups in total. The molecule has 0 aromatic carbocycles. The Morgan fingerprint density at radius 2 is 1.62 bits per heavy atom. The van der Waals surface area contributed by atoms with Crippen molar-refractivity contribution < 1.29 is 50.5 Å². The molecule has 24 heavy (non-hydrogen) atoms. The van der Waals surface area contributed by atoms with E-state index in [4.69, 9.17) is 19.9 Å². The van der Waals surface area contributed by atoms with E-state index in [1.165, 1.54) is 0 Å². The number of aliphatic carboxylic acids is 2. The van der Waals surface area contributed by atoms with E-state index in [0.717, 1.165) is 19.3 Å². The van der Waals surface area contributed by atoms with Crippen molar-refractivity contribution >= 4 is 32.2 Å². The quantitative estimate of drug-likeness (QED) is 0.197. The Morgan fingerprint density at radius 3 is 1.92 bits per heavy atom. The molecule has 1 atom stereocenters. The van der Waals surface area contributed by atoms with Crippen LogP contribution in [0.25, 0.3) is 0 Å². The lowest BCUT2D eigenvalue weighted by Crippen LogP contribution is -2.31. The van der Waals surface area contributed by atoms with Crippen molar-refractivity contribution in [3.05, 3.63) is 0 Å². The van der Waals surface area contributed by atoms with Gasteiger partial charge in [-0.25, -0.2) is 0 Å². The molecule has 0 aromatic rings. The van der Waals surface area contributed by atoms with Crippen molar-refractivity contribution in [3.8, 4) is 0 Å². The number of hydrogen-bond acceptors (Lipinski definition) is 8. The van der Waals surface area contributed by atoms with Crippen LogP contribution in [-0.2, 0) is 34.0 Å². The van der Waals surface area contributed by atoms with Crippen molar-refractivity contribution in [2.45, 2.75) is 37.9 Å². The fourth-order valence-electron chi connectivity index (χ4n) is 1.19. The number of hydrogen-bond donors (Lipinski definition) is 4. The third-order valence-electron chi connectivity index (χ3n) is 2.35. The first-order valence-corrected chi connectivity index (χ1v) is 9.84. The minimum absolute atomic E-state index is 0.232. The molecule has 0 radical (unpaired) electrons. The fraction of sp³-hybridized carbons (Fsp3) is 0.818. The predicted octanol–water partition coefficient (Wildman–Crippen LogP) is -0.683. The second-order valence-corrected chi connectivity index (χ2v) is 7.81. The molecule has 13 heteroatoms. The largest absolute Gasteiger partial charge is 0.481 e. The SMILES string of the molecule is CCCCCOS(=O)(=O)CCO.O=C(O)CC(C(=O)O)S(=O)(=O)O. The molecule has 0 heterocycles. The summed E-state index contributed by atoms with van der Waals surface area (Å²) in [6.45, 7) is 1.88. The molecule has 0 fully saturated rings. The fourth-order valence-corrected chi connectivity index (χ4v) is 2.51. The molecule has 11 nitrogen and oxygen atoms in total.